The van der Waals surface area contributed by atoms with Crippen LogP contribution in [-0.2, 0) is 11.2 Å². The lowest BCUT2D eigenvalue weighted by atomic mass is 10.2. The number of fused-ring (bicyclic) bond motifs is 1. The maximum Gasteiger partial charge on any atom is 0.244 e. The second-order valence-corrected chi connectivity index (χ2v) is 6.69. The van der Waals surface area contributed by atoms with Crippen molar-refractivity contribution < 1.29 is 9.53 Å². The fraction of sp³-hybridized carbons (Fsp3) is 0.381. The summed E-state index contributed by atoms with van der Waals surface area (Å²) in [6.07, 6.45) is 0.939. The van der Waals surface area contributed by atoms with Crippen molar-refractivity contribution in [2.24, 2.45) is 0 Å². The van der Waals surface area contributed by atoms with E-state index in [0.29, 0.717) is 13.2 Å². The number of likely N-dealkylation sites (N-methyl/N-ethyl adjacent to an activating group) is 1. The number of nitrogens with zero attached hydrogens (tertiary/aromatic N) is 2. The number of benzene rings is 2. The molecule has 0 bridgehead atoms. The van der Waals surface area contributed by atoms with E-state index >= 15 is 0 Å². The van der Waals surface area contributed by atoms with Crippen molar-refractivity contribution in [3.63, 3.8) is 0 Å². The molecule has 2 aromatic rings. The molecule has 0 fully saturated rings. The molecule has 1 unspecified atom stereocenters. The van der Waals surface area contributed by atoms with Crippen molar-refractivity contribution in [2.45, 2.75) is 26.3 Å². The first-order valence-electron chi connectivity index (χ1n) is 8.85. The minimum Gasteiger partial charge on any atom is -0.492 e. The highest BCUT2D eigenvalue weighted by Crippen LogP contribution is 2.28. The van der Waals surface area contributed by atoms with Crippen LogP contribution in [0.15, 0.2) is 48.5 Å². The Morgan fingerprint density at radius 3 is 2.68 bits per heavy atom. The lowest BCUT2D eigenvalue weighted by Gasteiger charge is -2.28. The molecule has 1 aliphatic heterocycles. The first-order chi connectivity index (χ1) is 12.1. The number of para-hydroxylation sites is 1. The molecule has 4 nitrogen and oxygen atoms in total. The van der Waals surface area contributed by atoms with E-state index in [2.05, 4.69) is 17.9 Å². The molecule has 1 atom stereocenters. The quantitative estimate of drug-likeness (QED) is 0.810. The van der Waals surface area contributed by atoms with Gasteiger partial charge in [-0.3, -0.25) is 9.69 Å². The van der Waals surface area contributed by atoms with Crippen molar-refractivity contribution in [3.05, 3.63) is 59.7 Å². The number of hydrogen-bond acceptors (Lipinski definition) is 3. The van der Waals surface area contributed by atoms with Crippen LogP contribution in [0.5, 0.6) is 5.75 Å². The minimum absolute atomic E-state index is 0.155. The number of amides is 1. The summed E-state index contributed by atoms with van der Waals surface area (Å²) in [6.45, 7) is 6.07. The van der Waals surface area contributed by atoms with E-state index in [0.717, 1.165) is 24.4 Å². The third-order valence-electron chi connectivity index (χ3n) is 4.91. The van der Waals surface area contributed by atoms with Crippen molar-refractivity contribution >= 4 is 11.6 Å². The molecule has 2 aromatic carbocycles. The lowest BCUT2D eigenvalue weighted by molar-refractivity contribution is -0.122. The summed E-state index contributed by atoms with van der Waals surface area (Å²) < 4.78 is 5.78. The van der Waals surface area contributed by atoms with Gasteiger partial charge >= 0.3 is 0 Å². The van der Waals surface area contributed by atoms with Crippen LogP contribution in [-0.4, -0.2) is 43.6 Å². The topological polar surface area (TPSA) is 32.8 Å². The van der Waals surface area contributed by atoms with Gasteiger partial charge in [0.05, 0.1) is 6.04 Å². The summed E-state index contributed by atoms with van der Waals surface area (Å²) in [5, 5.41) is 0. The SMILES string of the molecule is Cc1ccc(OCCN(C)C(C)C(=O)N2CCc3ccccc32)cc1. The number of carbonyl (C=O) groups is 1. The monoisotopic (exact) mass is 338 g/mol. The molecule has 132 valence electrons. The van der Waals surface area contributed by atoms with Crippen LogP contribution < -0.4 is 9.64 Å². The predicted octanol–water partition coefficient (Wildman–Crippen LogP) is 3.28. The zero-order valence-electron chi connectivity index (χ0n) is 15.2. The Morgan fingerprint density at radius 1 is 1.20 bits per heavy atom. The maximum absolute atomic E-state index is 12.9. The lowest BCUT2D eigenvalue weighted by Crippen LogP contribution is -2.46. The molecule has 0 saturated heterocycles. The molecule has 0 N–H and O–H groups in total. The number of anilines is 1. The summed E-state index contributed by atoms with van der Waals surface area (Å²) in [6, 6.07) is 16.0. The van der Waals surface area contributed by atoms with Crippen LogP contribution >= 0.6 is 0 Å². The Balaban J connectivity index is 1.53. The van der Waals surface area contributed by atoms with Gasteiger partial charge in [-0.05, 0) is 51.1 Å². The number of rotatable bonds is 6. The largest absolute Gasteiger partial charge is 0.492 e. The smallest absolute Gasteiger partial charge is 0.244 e. The summed E-state index contributed by atoms with van der Waals surface area (Å²) >= 11 is 0. The van der Waals surface area contributed by atoms with E-state index in [1.54, 1.807) is 0 Å². The molecule has 25 heavy (non-hydrogen) atoms. The van der Waals surface area contributed by atoms with Gasteiger partial charge in [0.15, 0.2) is 0 Å². The average molecular weight is 338 g/mol. The third-order valence-corrected chi connectivity index (χ3v) is 4.91. The summed E-state index contributed by atoms with van der Waals surface area (Å²) in [5.41, 5.74) is 3.53. The fourth-order valence-electron chi connectivity index (χ4n) is 3.12. The van der Waals surface area contributed by atoms with Crippen molar-refractivity contribution in [3.8, 4) is 5.75 Å². The zero-order valence-corrected chi connectivity index (χ0v) is 15.2. The van der Waals surface area contributed by atoms with E-state index in [1.165, 1.54) is 11.1 Å². The first kappa shape index (κ1) is 17.5. The van der Waals surface area contributed by atoms with Crippen LogP contribution in [0.3, 0.4) is 0 Å². The fourth-order valence-corrected chi connectivity index (χ4v) is 3.12. The molecule has 3 rings (SSSR count). The Bertz CT molecular complexity index is 727. The number of aryl methyl sites for hydroxylation is 1. The second kappa shape index (κ2) is 7.70. The maximum atomic E-state index is 12.9. The number of carbonyl (C=O) groups excluding carboxylic acids is 1. The molecule has 0 aliphatic carbocycles. The van der Waals surface area contributed by atoms with E-state index in [9.17, 15) is 4.79 Å². The standard InChI is InChI=1S/C21H26N2O2/c1-16-8-10-19(11-9-16)25-15-14-22(3)17(2)21(24)23-13-12-18-6-4-5-7-20(18)23/h4-11,17H,12-15H2,1-3H3. The molecule has 0 spiro atoms. The van der Waals surface area contributed by atoms with E-state index < -0.39 is 0 Å². The predicted molar refractivity (Wildman–Crippen MR) is 101 cm³/mol. The number of ether oxygens (including phenoxy) is 1. The van der Waals surface area contributed by atoms with Crippen molar-refractivity contribution in [1.29, 1.82) is 0 Å². The van der Waals surface area contributed by atoms with Gasteiger partial charge in [0.1, 0.15) is 12.4 Å². The zero-order chi connectivity index (χ0) is 17.8. The van der Waals surface area contributed by atoms with E-state index in [1.807, 2.05) is 61.3 Å². The molecule has 1 heterocycles. The average Bonchev–Trinajstić information content (AvgIpc) is 3.06. The van der Waals surface area contributed by atoms with Gasteiger partial charge in [-0.1, -0.05) is 35.9 Å². The Kier molecular flexibility index (Phi) is 5.39. The van der Waals surface area contributed by atoms with Crippen LogP contribution in [0.25, 0.3) is 0 Å². The van der Waals surface area contributed by atoms with Gasteiger partial charge in [0, 0.05) is 18.8 Å². The molecular weight excluding hydrogens is 312 g/mol. The van der Waals surface area contributed by atoms with Crippen LogP contribution in [0, 0.1) is 6.92 Å². The molecule has 1 amide bonds. The Labute approximate surface area is 150 Å². The minimum atomic E-state index is -0.173. The molecule has 1 aliphatic rings. The Morgan fingerprint density at radius 2 is 1.92 bits per heavy atom. The van der Waals surface area contributed by atoms with Gasteiger partial charge in [0.2, 0.25) is 5.91 Å². The first-order valence-corrected chi connectivity index (χ1v) is 8.85. The summed E-state index contributed by atoms with van der Waals surface area (Å²) in [7, 11) is 1.98. The highest BCUT2D eigenvalue weighted by molar-refractivity contribution is 5.98. The third kappa shape index (κ3) is 4.02. The van der Waals surface area contributed by atoms with Gasteiger partial charge < -0.3 is 9.64 Å². The highest BCUT2D eigenvalue weighted by Gasteiger charge is 2.29. The van der Waals surface area contributed by atoms with Crippen LogP contribution in [0.4, 0.5) is 5.69 Å². The van der Waals surface area contributed by atoms with Gasteiger partial charge in [-0.25, -0.2) is 0 Å². The summed E-state index contributed by atoms with van der Waals surface area (Å²) in [4.78, 5) is 16.8. The van der Waals surface area contributed by atoms with Crippen molar-refractivity contribution in [2.75, 3.05) is 31.6 Å². The van der Waals surface area contributed by atoms with E-state index in [4.69, 9.17) is 4.74 Å². The number of hydrogen-bond donors (Lipinski definition) is 0. The normalized spacial score (nSPS) is 14.5. The van der Waals surface area contributed by atoms with Crippen LogP contribution in [0.2, 0.25) is 0 Å². The van der Waals surface area contributed by atoms with Gasteiger partial charge in [-0.2, -0.15) is 0 Å². The van der Waals surface area contributed by atoms with E-state index in [-0.39, 0.29) is 11.9 Å². The van der Waals surface area contributed by atoms with Crippen LogP contribution in [0.1, 0.15) is 18.1 Å². The highest BCUT2D eigenvalue weighted by atomic mass is 16.5. The van der Waals surface area contributed by atoms with Crippen molar-refractivity contribution in [1.82, 2.24) is 4.90 Å². The summed E-state index contributed by atoms with van der Waals surface area (Å²) in [5.74, 6) is 1.02. The molecule has 4 heteroatoms. The molecule has 0 aromatic heterocycles. The van der Waals surface area contributed by atoms with Gasteiger partial charge in [-0.15, -0.1) is 0 Å². The molecule has 0 saturated carbocycles. The molecular formula is C21H26N2O2. The Hall–Kier alpha value is -2.33. The molecule has 0 radical (unpaired) electrons. The second-order valence-electron chi connectivity index (χ2n) is 6.69. The van der Waals surface area contributed by atoms with Gasteiger partial charge in [0.25, 0.3) is 0 Å².